The van der Waals surface area contributed by atoms with Crippen molar-refractivity contribution in [3.05, 3.63) is 68.6 Å². The standard InChI is InChI=1S/C12H13BrO3.C10H11BrO2.C6H13BrO2.CH4S.K.H/c1-2-16-12(15)11(7-8-14)9-3-5-10(13)6-4-9;1-2-13-10(12)7-8-3-5-9(11)6-4-8;1-3-8-6(5-7)9-4-2;1-2;;/h3-6,8,11H,2,7H2,1H3;3-6H,2,7H2,1H3;6H,3-5H2,1-2H3;2H,1H3;;/q;;;;+1;-1/i;;;1D;;. The molecule has 0 aliphatic heterocycles. The molecular weight excluding hydrogens is 771 g/mol. The molecule has 0 spiro atoms. The summed E-state index contributed by atoms with van der Waals surface area (Å²) in [5.41, 5.74) is 1.77. The zero-order valence-electron chi connectivity index (χ0n) is 26.4. The molecule has 41 heavy (non-hydrogen) atoms. The van der Waals surface area contributed by atoms with Crippen molar-refractivity contribution in [2.45, 2.75) is 52.7 Å². The smallest absolute Gasteiger partial charge is 1.00 e. The van der Waals surface area contributed by atoms with Gasteiger partial charge in [0.15, 0.2) is 6.29 Å². The number of esters is 2. The van der Waals surface area contributed by atoms with Gasteiger partial charge < -0.3 is 25.2 Å². The topological polar surface area (TPSA) is 88.1 Å². The second-order valence-electron chi connectivity index (χ2n) is 7.36. The Morgan fingerprint density at radius 3 is 1.76 bits per heavy atom. The third-order valence-corrected chi connectivity index (χ3v) is 6.16. The molecule has 1 atom stereocenters. The molecule has 0 radical (unpaired) electrons. The van der Waals surface area contributed by atoms with Crippen LogP contribution < -0.4 is 51.4 Å². The largest absolute Gasteiger partial charge is 1.00 e. The van der Waals surface area contributed by atoms with E-state index in [1.807, 2.05) is 62.4 Å². The van der Waals surface area contributed by atoms with Gasteiger partial charge in [0.25, 0.3) is 0 Å². The van der Waals surface area contributed by atoms with Crippen LogP contribution in [0.15, 0.2) is 57.5 Å². The SMILES string of the molecule is CCOC(=O)C(CC=O)c1ccc(Br)cc1.CCOC(=O)Cc1ccc(Br)cc1.CCOC(CBr)OCC.[2H]CS.[H-].[K+]. The van der Waals surface area contributed by atoms with Crippen LogP contribution in [-0.4, -0.2) is 62.5 Å². The van der Waals surface area contributed by atoms with Crippen molar-refractivity contribution in [1.82, 2.24) is 0 Å². The number of halogens is 3. The van der Waals surface area contributed by atoms with Gasteiger partial charge in [0.1, 0.15) is 6.29 Å². The summed E-state index contributed by atoms with van der Waals surface area (Å²) in [4.78, 5) is 33.2. The van der Waals surface area contributed by atoms with Gasteiger partial charge in [-0.3, -0.25) is 9.59 Å². The first kappa shape index (κ1) is 43.5. The average Bonchev–Trinajstić information content (AvgIpc) is 2.95. The van der Waals surface area contributed by atoms with Crippen molar-refractivity contribution >= 4 is 78.6 Å². The molecule has 0 aromatic heterocycles. The van der Waals surface area contributed by atoms with Gasteiger partial charge in [-0.25, -0.2) is 0 Å². The van der Waals surface area contributed by atoms with E-state index in [0.29, 0.717) is 32.8 Å². The summed E-state index contributed by atoms with van der Waals surface area (Å²) >= 11 is 13.4. The summed E-state index contributed by atoms with van der Waals surface area (Å²) in [6, 6.07) is 14.9. The predicted octanol–water partition coefficient (Wildman–Crippen LogP) is 4.68. The first-order valence-electron chi connectivity index (χ1n) is 13.3. The van der Waals surface area contributed by atoms with Gasteiger partial charge in [0.2, 0.25) is 0 Å². The van der Waals surface area contributed by atoms with Crippen LogP contribution in [0.25, 0.3) is 0 Å². The van der Waals surface area contributed by atoms with Gasteiger partial charge in [0.05, 0.1) is 30.9 Å². The molecule has 0 aliphatic carbocycles. The molecule has 2 aromatic rings. The Morgan fingerprint density at radius 1 is 0.902 bits per heavy atom. The van der Waals surface area contributed by atoms with Crippen LogP contribution in [0.2, 0.25) is 0 Å². The van der Waals surface area contributed by atoms with E-state index in [1.165, 1.54) is 0 Å². The fraction of sp³-hybridized carbons (Fsp3) is 0.483. The molecule has 1 unspecified atom stereocenters. The molecule has 0 heterocycles. The van der Waals surface area contributed by atoms with E-state index in [2.05, 4.69) is 60.4 Å². The van der Waals surface area contributed by atoms with Gasteiger partial charge >= 0.3 is 63.3 Å². The summed E-state index contributed by atoms with van der Waals surface area (Å²) in [6.45, 7) is 9.63. The molecule has 0 bridgehead atoms. The molecule has 0 fully saturated rings. The zero-order valence-corrected chi connectivity index (χ0v) is 33.2. The second-order valence-corrected chi connectivity index (χ2v) is 9.84. The van der Waals surface area contributed by atoms with E-state index in [9.17, 15) is 14.4 Å². The van der Waals surface area contributed by atoms with E-state index in [1.54, 1.807) is 13.8 Å². The molecule has 228 valence electrons. The van der Waals surface area contributed by atoms with Crippen LogP contribution in [0.3, 0.4) is 0 Å². The number of rotatable bonds is 13. The molecule has 0 saturated heterocycles. The summed E-state index contributed by atoms with van der Waals surface area (Å²) in [6.07, 6.45) is 1.37. The second kappa shape index (κ2) is 31.8. The minimum absolute atomic E-state index is 0. The minimum atomic E-state index is -0.495. The monoisotopic (exact) mass is 811 g/mol. The quantitative estimate of drug-likeness (QED) is 0.0786. The Bertz CT molecular complexity index is 941. The normalized spacial score (nSPS) is 10.5. The summed E-state index contributed by atoms with van der Waals surface area (Å²) < 4.78 is 28.1. The predicted molar refractivity (Wildman–Crippen MR) is 176 cm³/mol. The Labute approximate surface area is 321 Å². The first-order valence-corrected chi connectivity index (χ1v) is 16.0. The summed E-state index contributed by atoms with van der Waals surface area (Å²) in [5, 5.41) is 0.745. The van der Waals surface area contributed by atoms with Crippen LogP contribution in [0.4, 0.5) is 0 Å². The van der Waals surface area contributed by atoms with Crippen LogP contribution in [0.5, 0.6) is 0 Å². The number of hydrogen-bond acceptors (Lipinski definition) is 8. The summed E-state index contributed by atoms with van der Waals surface area (Å²) in [5.74, 6) is -1.02. The van der Waals surface area contributed by atoms with Gasteiger partial charge in [-0.2, -0.15) is 12.6 Å². The van der Waals surface area contributed by atoms with E-state index >= 15 is 0 Å². The number of carbonyl (C=O) groups excluding carboxylic acids is 3. The number of thiol groups is 1. The molecule has 7 nitrogen and oxygen atoms in total. The van der Waals surface area contributed by atoms with E-state index < -0.39 is 5.92 Å². The molecule has 0 N–H and O–H groups in total. The van der Waals surface area contributed by atoms with Gasteiger partial charge in [-0.15, -0.1) is 0 Å². The molecule has 2 aromatic carbocycles. The molecular formula is C29H42Br3KO7S. The van der Waals surface area contributed by atoms with Crippen molar-refractivity contribution < 1.29 is 87.5 Å². The van der Waals surface area contributed by atoms with E-state index in [-0.39, 0.29) is 83.7 Å². The first-order chi connectivity index (χ1) is 19.7. The molecule has 2 rings (SSSR count). The van der Waals surface area contributed by atoms with Gasteiger partial charge in [-0.1, -0.05) is 72.1 Å². The van der Waals surface area contributed by atoms with Gasteiger partial charge in [-0.05, 0) is 69.3 Å². The van der Waals surface area contributed by atoms with Crippen molar-refractivity contribution in [1.29, 1.82) is 0 Å². The number of alkyl halides is 1. The Morgan fingerprint density at radius 2 is 1.37 bits per heavy atom. The van der Waals surface area contributed by atoms with Crippen molar-refractivity contribution in [2.24, 2.45) is 0 Å². The van der Waals surface area contributed by atoms with Crippen molar-refractivity contribution in [2.75, 3.05) is 38.0 Å². The third-order valence-electron chi connectivity index (χ3n) is 4.57. The number of hydrogen-bond donors (Lipinski definition) is 1. The average molecular weight is 815 g/mol. The Hall–Kier alpha value is 0.396. The molecule has 12 heteroatoms. The number of aldehydes is 1. The number of carbonyl (C=O) groups is 3. The Kier molecular flexibility index (Phi) is 33.8. The van der Waals surface area contributed by atoms with E-state index in [4.69, 9.17) is 20.3 Å². The fourth-order valence-electron chi connectivity index (χ4n) is 2.89. The van der Waals surface area contributed by atoms with Crippen LogP contribution in [0.1, 0.15) is 54.0 Å². The van der Waals surface area contributed by atoms with Crippen molar-refractivity contribution in [3.63, 3.8) is 0 Å². The van der Waals surface area contributed by atoms with Crippen LogP contribution >= 0.6 is 60.4 Å². The maximum Gasteiger partial charge on any atom is 1.00 e. The number of ether oxygens (including phenoxy) is 4. The maximum atomic E-state index is 11.6. The van der Waals surface area contributed by atoms with Crippen LogP contribution in [-0.2, 0) is 39.8 Å². The minimum Gasteiger partial charge on any atom is -1.00 e. The van der Waals surface area contributed by atoms with Crippen molar-refractivity contribution in [3.8, 4) is 0 Å². The molecule has 0 amide bonds. The number of benzene rings is 2. The van der Waals surface area contributed by atoms with Crippen LogP contribution in [0, 0.1) is 0 Å². The summed E-state index contributed by atoms with van der Waals surface area (Å²) in [7, 11) is 0. The fourth-order valence-corrected chi connectivity index (χ4v) is 3.79. The Balaban J connectivity index is -0.000000256. The zero-order chi connectivity index (χ0) is 31.5. The molecule has 0 aliphatic rings. The molecule has 0 saturated carbocycles. The van der Waals surface area contributed by atoms with Gasteiger partial charge in [0, 0.05) is 30.0 Å². The third kappa shape index (κ3) is 24.4. The maximum absolute atomic E-state index is 11.6. The van der Waals surface area contributed by atoms with E-state index in [0.717, 1.165) is 31.7 Å².